The number of hydrogen-bond donors (Lipinski definition) is 1. The number of carbonyl (C=O) groups is 1. The lowest BCUT2D eigenvalue weighted by Crippen LogP contribution is -2.46. The van der Waals surface area contributed by atoms with Crippen LogP contribution in [-0.2, 0) is 4.79 Å². The van der Waals surface area contributed by atoms with Crippen LogP contribution < -0.4 is 15.0 Å². The number of anilines is 2. The summed E-state index contributed by atoms with van der Waals surface area (Å²) in [5.41, 5.74) is 2.00. The lowest BCUT2D eigenvalue weighted by molar-refractivity contribution is -0.116. The molecule has 3 rings (SSSR count). The SMILES string of the molecule is CCN1CC(CN(C)CCC(=O)Nc2ccccc2)Oc2ccccc21. The molecule has 0 saturated carbocycles. The highest BCUT2D eigenvalue weighted by Crippen LogP contribution is 2.32. The first kappa shape index (κ1) is 18.3. The van der Waals surface area contributed by atoms with Crippen molar-refractivity contribution in [3.05, 3.63) is 54.6 Å². The number of para-hydroxylation sites is 3. The fourth-order valence-corrected chi connectivity index (χ4v) is 3.25. The molecule has 5 heteroatoms. The molecular formula is C21H27N3O2. The number of amides is 1. The highest BCUT2D eigenvalue weighted by Gasteiger charge is 2.25. The molecule has 0 bridgehead atoms. The van der Waals surface area contributed by atoms with E-state index in [0.717, 1.165) is 36.8 Å². The van der Waals surface area contributed by atoms with Crippen LogP contribution in [-0.4, -0.2) is 50.1 Å². The summed E-state index contributed by atoms with van der Waals surface area (Å²) in [6.45, 7) is 5.49. The quantitative estimate of drug-likeness (QED) is 0.830. The summed E-state index contributed by atoms with van der Waals surface area (Å²) < 4.78 is 6.15. The molecule has 0 radical (unpaired) electrons. The van der Waals surface area contributed by atoms with Gasteiger partial charge in [-0.2, -0.15) is 0 Å². The number of nitrogens with one attached hydrogen (secondary N) is 1. The van der Waals surface area contributed by atoms with E-state index in [0.29, 0.717) is 13.0 Å². The highest BCUT2D eigenvalue weighted by atomic mass is 16.5. The summed E-state index contributed by atoms with van der Waals surface area (Å²) in [4.78, 5) is 16.6. The molecule has 1 heterocycles. The van der Waals surface area contributed by atoms with Crippen LogP contribution >= 0.6 is 0 Å². The molecule has 1 atom stereocenters. The minimum Gasteiger partial charge on any atom is -0.485 e. The zero-order valence-electron chi connectivity index (χ0n) is 15.5. The largest absolute Gasteiger partial charge is 0.485 e. The Balaban J connectivity index is 1.48. The van der Waals surface area contributed by atoms with Gasteiger partial charge in [-0.15, -0.1) is 0 Å². The zero-order valence-corrected chi connectivity index (χ0v) is 15.5. The third-order valence-electron chi connectivity index (χ3n) is 4.60. The van der Waals surface area contributed by atoms with Gasteiger partial charge in [-0.1, -0.05) is 30.3 Å². The van der Waals surface area contributed by atoms with Crippen LogP contribution in [0.2, 0.25) is 0 Å². The van der Waals surface area contributed by atoms with Gasteiger partial charge in [-0.3, -0.25) is 4.79 Å². The normalized spacial score (nSPS) is 16.1. The smallest absolute Gasteiger partial charge is 0.225 e. The third kappa shape index (κ3) is 4.76. The van der Waals surface area contributed by atoms with E-state index in [1.165, 1.54) is 0 Å². The molecular weight excluding hydrogens is 326 g/mol. The van der Waals surface area contributed by atoms with Gasteiger partial charge in [0.2, 0.25) is 5.91 Å². The fourth-order valence-electron chi connectivity index (χ4n) is 3.25. The average molecular weight is 353 g/mol. The second kappa shape index (κ2) is 8.72. The number of likely N-dealkylation sites (N-methyl/N-ethyl adjacent to an activating group) is 2. The Hall–Kier alpha value is -2.53. The van der Waals surface area contributed by atoms with E-state index in [-0.39, 0.29) is 12.0 Å². The molecule has 1 aliphatic rings. The van der Waals surface area contributed by atoms with Crippen molar-refractivity contribution in [1.82, 2.24) is 4.90 Å². The summed E-state index contributed by atoms with van der Waals surface area (Å²) in [5.74, 6) is 0.981. The highest BCUT2D eigenvalue weighted by molar-refractivity contribution is 5.90. The van der Waals surface area contributed by atoms with Crippen molar-refractivity contribution < 1.29 is 9.53 Å². The van der Waals surface area contributed by atoms with Gasteiger partial charge in [0.25, 0.3) is 0 Å². The molecule has 5 nitrogen and oxygen atoms in total. The van der Waals surface area contributed by atoms with Gasteiger partial charge in [0.1, 0.15) is 11.9 Å². The van der Waals surface area contributed by atoms with Crippen LogP contribution in [0.15, 0.2) is 54.6 Å². The second-order valence-electron chi connectivity index (χ2n) is 6.67. The number of hydrogen-bond acceptors (Lipinski definition) is 4. The van der Waals surface area contributed by atoms with Gasteiger partial charge in [-0.05, 0) is 38.2 Å². The van der Waals surface area contributed by atoms with Crippen LogP contribution in [0.4, 0.5) is 11.4 Å². The van der Waals surface area contributed by atoms with E-state index >= 15 is 0 Å². The van der Waals surface area contributed by atoms with Crippen molar-refractivity contribution in [3.63, 3.8) is 0 Å². The van der Waals surface area contributed by atoms with E-state index < -0.39 is 0 Å². The van der Waals surface area contributed by atoms with Crippen LogP contribution in [0.3, 0.4) is 0 Å². The molecule has 0 saturated heterocycles. The summed E-state index contributed by atoms with van der Waals surface area (Å²) >= 11 is 0. The number of rotatable bonds is 7. The van der Waals surface area contributed by atoms with Gasteiger partial charge in [0, 0.05) is 31.7 Å². The van der Waals surface area contributed by atoms with Crippen molar-refractivity contribution in [1.29, 1.82) is 0 Å². The first-order valence-electron chi connectivity index (χ1n) is 9.19. The monoisotopic (exact) mass is 353 g/mol. The van der Waals surface area contributed by atoms with Gasteiger partial charge in [0.05, 0.1) is 12.2 Å². The van der Waals surface area contributed by atoms with E-state index in [4.69, 9.17) is 4.74 Å². The van der Waals surface area contributed by atoms with E-state index in [1.807, 2.05) is 55.6 Å². The lowest BCUT2D eigenvalue weighted by atomic mass is 10.2. The predicted molar refractivity (Wildman–Crippen MR) is 106 cm³/mol. The van der Waals surface area contributed by atoms with Gasteiger partial charge in [0.15, 0.2) is 0 Å². The molecule has 1 N–H and O–H groups in total. The Bertz CT molecular complexity index is 720. The summed E-state index contributed by atoms with van der Waals surface area (Å²) in [6, 6.07) is 17.7. The van der Waals surface area contributed by atoms with Crippen molar-refractivity contribution in [3.8, 4) is 5.75 Å². The predicted octanol–water partition coefficient (Wildman–Crippen LogP) is 3.23. The van der Waals surface area contributed by atoms with E-state index in [2.05, 4.69) is 28.1 Å². The summed E-state index contributed by atoms with van der Waals surface area (Å²) in [5, 5.41) is 2.93. The van der Waals surface area contributed by atoms with Crippen molar-refractivity contribution in [2.24, 2.45) is 0 Å². The minimum atomic E-state index is 0.0353. The standard InChI is InChI=1S/C21H27N3O2/c1-3-24-16-18(26-20-12-8-7-11-19(20)24)15-23(2)14-13-21(25)22-17-9-5-4-6-10-17/h4-12,18H,3,13-16H2,1-2H3,(H,22,25). The maximum Gasteiger partial charge on any atom is 0.225 e. The molecule has 2 aromatic carbocycles. The molecule has 1 unspecified atom stereocenters. The Morgan fingerprint density at radius 1 is 1.19 bits per heavy atom. The molecule has 1 amide bonds. The molecule has 2 aromatic rings. The van der Waals surface area contributed by atoms with Gasteiger partial charge in [-0.25, -0.2) is 0 Å². The topological polar surface area (TPSA) is 44.8 Å². The maximum absolute atomic E-state index is 12.1. The number of ether oxygens (including phenoxy) is 1. The minimum absolute atomic E-state index is 0.0353. The van der Waals surface area contributed by atoms with Crippen molar-refractivity contribution in [2.75, 3.05) is 43.4 Å². The van der Waals surface area contributed by atoms with E-state index in [1.54, 1.807) is 0 Å². The zero-order chi connectivity index (χ0) is 18.4. The molecule has 1 aliphatic heterocycles. The van der Waals surface area contributed by atoms with Crippen LogP contribution in [0.5, 0.6) is 5.75 Å². The number of benzene rings is 2. The second-order valence-corrected chi connectivity index (χ2v) is 6.67. The molecule has 0 aromatic heterocycles. The average Bonchev–Trinajstić information content (AvgIpc) is 2.66. The van der Waals surface area contributed by atoms with Crippen molar-refractivity contribution in [2.45, 2.75) is 19.4 Å². The van der Waals surface area contributed by atoms with E-state index in [9.17, 15) is 4.79 Å². The first-order valence-corrected chi connectivity index (χ1v) is 9.19. The Morgan fingerprint density at radius 3 is 2.69 bits per heavy atom. The van der Waals surface area contributed by atoms with Gasteiger partial charge >= 0.3 is 0 Å². The van der Waals surface area contributed by atoms with Crippen molar-refractivity contribution >= 4 is 17.3 Å². The molecule has 0 fully saturated rings. The first-order chi connectivity index (χ1) is 12.7. The van der Waals surface area contributed by atoms with Crippen LogP contribution in [0.25, 0.3) is 0 Å². The molecule has 0 spiro atoms. The summed E-state index contributed by atoms with van der Waals surface area (Å²) in [6.07, 6.45) is 0.568. The van der Waals surface area contributed by atoms with Gasteiger partial charge < -0.3 is 19.9 Å². The Labute approximate surface area is 155 Å². The fraction of sp³-hybridized carbons (Fsp3) is 0.381. The number of fused-ring (bicyclic) bond motifs is 1. The molecule has 0 aliphatic carbocycles. The maximum atomic E-state index is 12.1. The summed E-state index contributed by atoms with van der Waals surface area (Å²) in [7, 11) is 2.04. The molecule has 26 heavy (non-hydrogen) atoms. The van der Waals surface area contributed by atoms with Crippen LogP contribution in [0.1, 0.15) is 13.3 Å². The number of carbonyl (C=O) groups excluding carboxylic acids is 1. The lowest BCUT2D eigenvalue weighted by Gasteiger charge is -2.37. The Kier molecular flexibility index (Phi) is 6.12. The third-order valence-corrected chi connectivity index (χ3v) is 4.60. The molecule has 138 valence electrons. The number of nitrogens with zero attached hydrogens (tertiary/aromatic N) is 2. The van der Waals surface area contributed by atoms with Crippen LogP contribution in [0, 0.1) is 0 Å². The Morgan fingerprint density at radius 2 is 1.92 bits per heavy atom.